The van der Waals surface area contributed by atoms with E-state index in [0.29, 0.717) is 25.7 Å². The Hall–Kier alpha value is -1.93. The van der Waals surface area contributed by atoms with Gasteiger partial charge in [-0.2, -0.15) is 0 Å². The van der Waals surface area contributed by atoms with Crippen molar-refractivity contribution < 1.29 is 24.9 Å². The molecule has 3 aliphatic heterocycles. The molecule has 0 unspecified atom stereocenters. The highest BCUT2D eigenvalue weighted by molar-refractivity contribution is 6.04. The molecule has 5 N–H and O–H groups in total. The molecular formula is C17H25N3O5. The zero-order valence-corrected chi connectivity index (χ0v) is 14.0. The first kappa shape index (κ1) is 17.9. The van der Waals surface area contributed by atoms with Gasteiger partial charge in [-0.25, -0.2) is 4.79 Å². The summed E-state index contributed by atoms with van der Waals surface area (Å²) < 4.78 is 0. The zero-order chi connectivity index (χ0) is 18.1. The number of rotatable bonds is 5. The van der Waals surface area contributed by atoms with Crippen LogP contribution in [0.5, 0.6) is 0 Å². The maximum atomic E-state index is 11.4. The SMILES string of the molecule is N[C@H](CCC1=CN2[C@H](CCC[C@@H]2O)[C@H]2CC[C@H](C(=O)O)N=C12)C(=O)O. The minimum absolute atomic E-state index is 0.0894. The first-order chi connectivity index (χ1) is 11.9. The summed E-state index contributed by atoms with van der Waals surface area (Å²) in [4.78, 5) is 28.8. The number of carboxylic acids is 2. The van der Waals surface area contributed by atoms with Crippen LogP contribution in [0, 0.1) is 5.92 Å². The number of allylic oxidation sites excluding steroid dienone is 1. The number of aliphatic imine (C=N–C) groups is 1. The van der Waals surface area contributed by atoms with Gasteiger partial charge >= 0.3 is 11.9 Å². The first-order valence-corrected chi connectivity index (χ1v) is 8.84. The van der Waals surface area contributed by atoms with Crippen molar-refractivity contribution in [2.24, 2.45) is 16.6 Å². The summed E-state index contributed by atoms with van der Waals surface area (Å²) in [5, 5.41) is 28.6. The van der Waals surface area contributed by atoms with E-state index in [-0.39, 0.29) is 18.4 Å². The molecule has 0 bridgehead atoms. The summed E-state index contributed by atoms with van der Waals surface area (Å²) in [6.45, 7) is 0. The Morgan fingerprint density at radius 1 is 1.28 bits per heavy atom. The maximum Gasteiger partial charge on any atom is 0.328 e. The summed E-state index contributed by atoms with van der Waals surface area (Å²) in [5.41, 5.74) is 7.19. The lowest BCUT2D eigenvalue weighted by molar-refractivity contribution is -0.139. The molecule has 0 aliphatic carbocycles. The summed E-state index contributed by atoms with van der Waals surface area (Å²) >= 11 is 0. The van der Waals surface area contributed by atoms with Gasteiger partial charge in [-0.3, -0.25) is 9.79 Å². The van der Waals surface area contributed by atoms with E-state index in [2.05, 4.69) is 4.99 Å². The molecule has 0 aromatic carbocycles. The third-order valence-electron chi connectivity index (χ3n) is 5.51. The normalized spacial score (nSPS) is 32.8. The number of aliphatic hydroxyl groups is 1. The number of nitrogens with two attached hydrogens (primary N) is 1. The highest BCUT2D eigenvalue weighted by Gasteiger charge is 2.42. The number of nitrogens with zero attached hydrogens (tertiary/aromatic N) is 2. The lowest BCUT2D eigenvalue weighted by atomic mass is 9.75. The van der Waals surface area contributed by atoms with Crippen LogP contribution in [0.25, 0.3) is 0 Å². The van der Waals surface area contributed by atoms with Crippen LogP contribution in [0.1, 0.15) is 44.9 Å². The molecule has 0 saturated carbocycles. The number of piperidine rings is 1. The molecule has 0 spiro atoms. The standard InChI is InChI=1S/C17H25N3O5/c18-11(16(22)23)6-4-9-8-20-13(2-1-3-14(20)21)10-5-7-12(17(24)25)19-15(9)10/h8,10-14,21H,1-7,18H2,(H,22,23)(H,24,25)/t10-,11-,12-,13-,14+/m1/s1. The minimum Gasteiger partial charge on any atom is -0.480 e. The lowest BCUT2D eigenvalue weighted by Crippen LogP contribution is -2.53. The maximum absolute atomic E-state index is 11.4. The quantitative estimate of drug-likeness (QED) is 0.568. The molecule has 1 fully saturated rings. The van der Waals surface area contributed by atoms with Gasteiger partial charge in [0.1, 0.15) is 18.3 Å². The molecule has 0 radical (unpaired) electrons. The third kappa shape index (κ3) is 3.55. The Morgan fingerprint density at radius 2 is 2.04 bits per heavy atom. The van der Waals surface area contributed by atoms with Crippen molar-refractivity contribution in [3.8, 4) is 0 Å². The molecule has 3 aliphatic rings. The van der Waals surface area contributed by atoms with E-state index in [0.717, 1.165) is 24.1 Å². The fourth-order valence-electron chi connectivity index (χ4n) is 4.17. The summed E-state index contributed by atoms with van der Waals surface area (Å²) in [7, 11) is 0. The van der Waals surface area contributed by atoms with Crippen molar-refractivity contribution in [2.75, 3.05) is 0 Å². The Balaban J connectivity index is 1.90. The third-order valence-corrected chi connectivity index (χ3v) is 5.51. The number of carbonyl (C=O) groups is 2. The second-order valence-corrected chi connectivity index (χ2v) is 7.12. The second-order valence-electron chi connectivity index (χ2n) is 7.12. The van der Waals surface area contributed by atoms with Crippen LogP contribution in [0.2, 0.25) is 0 Å². The monoisotopic (exact) mass is 351 g/mol. The second kappa shape index (κ2) is 7.13. The molecule has 1 saturated heterocycles. The van der Waals surface area contributed by atoms with Crippen LogP contribution in [0.4, 0.5) is 0 Å². The van der Waals surface area contributed by atoms with Crippen molar-refractivity contribution in [3.63, 3.8) is 0 Å². The average molecular weight is 351 g/mol. The Morgan fingerprint density at radius 3 is 2.72 bits per heavy atom. The van der Waals surface area contributed by atoms with Crippen LogP contribution in [0.15, 0.2) is 16.8 Å². The molecule has 138 valence electrons. The van der Waals surface area contributed by atoms with Crippen LogP contribution in [-0.2, 0) is 9.59 Å². The molecule has 0 aromatic heterocycles. The number of hydrogen-bond donors (Lipinski definition) is 4. The predicted molar refractivity (Wildman–Crippen MR) is 90.0 cm³/mol. The number of aliphatic hydroxyl groups excluding tert-OH is 1. The molecule has 3 heterocycles. The van der Waals surface area contributed by atoms with Crippen LogP contribution in [0.3, 0.4) is 0 Å². The van der Waals surface area contributed by atoms with Gasteiger partial charge in [0.05, 0.1) is 0 Å². The van der Waals surface area contributed by atoms with Crippen molar-refractivity contribution in [1.29, 1.82) is 0 Å². The fraction of sp³-hybridized carbons (Fsp3) is 0.706. The highest BCUT2D eigenvalue weighted by atomic mass is 16.4. The molecular weight excluding hydrogens is 326 g/mol. The van der Waals surface area contributed by atoms with Gasteiger partial charge < -0.3 is 26.0 Å². The van der Waals surface area contributed by atoms with E-state index < -0.39 is 30.3 Å². The minimum atomic E-state index is -1.06. The largest absolute Gasteiger partial charge is 0.480 e. The molecule has 0 aromatic rings. The predicted octanol–water partition coefficient (Wildman–Crippen LogP) is 0.553. The van der Waals surface area contributed by atoms with Crippen molar-refractivity contribution in [3.05, 3.63) is 11.8 Å². The Kier molecular flexibility index (Phi) is 5.10. The van der Waals surface area contributed by atoms with Gasteiger partial charge in [-0.15, -0.1) is 0 Å². The topological polar surface area (TPSA) is 136 Å². The van der Waals surface area contributed by atoms with Crippen LogP contribution < -0.4 is 5.73 Å². The number of hydrogen-bond acceptors (Lipinski definition) is 6. The van der Waals surface area contributed by atoms with E-state index in [1.807, 2.05) is 11.1 Å². The molecule has 5 atom stereocenters. The fourth-order valence-corrected chi connectivity index (χ4v) is 4.17. The number of aliphatic carboxylic acids is 2. The van der Waals surface area contributed by atoms with Crippen molar-refractivity contribution in [2.45, 2.75) is 69.3 Å². The van der Waals surface area contributed by atoms with E-state index in [1.54, 1.807) is 0 Å². The molecule has 3 rings (SSSR count). The van der Waals surface area contributed by atoms with Gasteiger partial charge in [0.2, 0.25) is 0 Å². The molecule has 0 amide bonds. The van der Waals surface area contributed by atoms with Crippen molar-refractivity contribution >= 4 is 17.7 Å². The highest BCUT2D eigenvalue weighted by Crippen LogP contribution is 2.39. The molecule has 25 heavy (non-hydrogen) atoms. The van der Waals surface area contributed by atoms with E-state index in [4.69, 9.17) is 10.8 Å². The van der Waals surface area contributed by atoms with E-state index in [9.17, 15) is 19.8 Å². The summed E-state index contributed by atoms with van der Waals surface area (Å²) in [5.74, 6) is -1.90. The molecule has 8 heteroatoms. The summed E-state index contributed by atoms with van der Waals surface area (Å²) in [6.07, 6.45) is 5.73. The number of fused-ring (bicyclic) bond motifs is 3. The average Bonchev–Trinajstić information content (AvgIpc) is 2.59. The summed E-state index contributed by atoms with van der Waals surface area (Å²) in [6, 6.07) is -1.58. The van der Waals surface area contributed by atoms with Crippen LogP contribution in [-0.4, -0.2) is 62.2 Å². The Labute approximate surface area is 146 Å². The first-order valence-electron chi connectivity index (χ1n) is 8.84. The lowest BCUT2D eigenvalue weighted by Gasteiger charge is -2.48. The van der Waals surface area contributed by atoms with E-state index >= 15 is 0 Å². The Bertz CT molecular complexity index is 617. The molecule has 8 nitrogen and oxygen atoms in total. The van der Waals surface area contributed by atoms with Gasteiger partial charge in [0, 0.05) is 23.9 Å². The van der Waals surface area contributed by atoms with Gasteiger partial charge in [-0.05, 0) is 50.5 Å². The van der Waals surface area contributed by atoms with Crippen LogP contribution >= 0.6 is 0 Å². The van der Waals surface area contributed by atoms with Gasteiger partial charge in [0.15, 0.2) is 0 Å². The smallest absolute Gasteiger partial charge is 0.328 e. The number of carboxylic acid groups (broad SMARTS) is 2. The van der Waals surface area contributed by atoms with Crippen molar-refractivity contribution in [1.82, 2.24) is 4.90 Å². The van der Waals surface area contributed by atoms with E-state index in [1.165, 1.54) is 0 Å². The van der Waals surface area contributed by atoms with Gasteiger partial charge in [-0.1, -0.05) is 0 Å². The zero-order valence-electron chi connectivity index (χ0n) is 14.0. The van der Waals surface area contributed by atoms with Gasteiger partial charge in [0.25, 0.3) is 0 Å².